The van der Waals surface area contributed by atoms with Crippen LogP contribution in [0.25, 0.3) is 0 Å². The van der Waals surface area contributed by atoms with E-state index < -0.39 is 0 Å². The topological polar surface area (TPSA) is 0 Å². The summed E-state index contributed by atoms with van der Waals surface area (Å²) in [6.07, 6.45) is 4.91. The van der Waals surface area contributed by atoms with Gasteiger partial charge in [-0.1, -0.05) is 36.7 Å². The molecule has 0 fully saturated rings. The number of thioether (sulfide) groups is 1. The molecular formula is C10H21BrS. The van der Waals surface area contributed by atoms with E-state index >= 15 is 0 Å². The largest absolute Gasteiger partial charge is 0.165 e. The van der Waals surface area contributed by atoms with E-state index in [1.54, 1.807) is 0 Å². The zero-order valence-corrected chi connectivity index (χ0v) is 11.0. The van der Waals surface area contributed by atoms with Crippen LogP contribution in [0.4, 0.5) is 0 Å². The van der Waals surface area contributed by atoms with Crippen LogP contribution in [0.5, 0.6) is 0 Å². The van der Waals surface area contributed by atoms with Crippen LogP contribution < -0.4 is 0 Å². The quantitative estimate of drug-likeness (QED) is 0.505. The van der Waals surface area contributed by atoms with Crippen LogP contribution in [-0.2, 0) is 0 Å². The van der Waals surface area contributed by atoms with E-state index in [0.717, 1.165) is 11.8 Å². The Morgan fingerprint density at radius 1 is 1.25 bits per heavy atom. The summed E-state index contributed by atoms with van der Waals surface area (Å²) in [5, 5.41) is 0. The Hall–Kier alpha value is 0.830. The maximum absolute atomic E-state index is 3.69. The monoisotopic (exact) mass is 252 g/mol. The van der Waals surface area contributed by atoms with Crippen LogP contribution in [0, 0.1) is 11.8 Å². The molecule has 2 unspecified atom stereocenters. The first-order chi connectivity index (χ1) is 5.59. The highest BCUT2D eigenvalue weighted by molar-refractivity contribution is 9.09. The standard InChI is InChI=1S/C10H21BrS/c1-8(2)10(9(3)11)6-5-7-12-4/h8-10H,5-7H2,1-4H3. The highest BCUT2D eigenvalue weighted by Gasteiger charge is 2.17. The van der Waals surface area contributed by atoms with Crippen molar-refractivity contribution in [1.29, 1.82) is 0 Å². The summed E-state index contributed by atoms with van der Waals surface area (Å²) in [6, 6.07) is 0. The molecule has 0 aromatic carbocycles. The number of hydrogen-bond donors (Lipinski definition) is 0. The fourth-order valence-corrected chi connectivity index (χ4v) is 2.89. The molecule has 0 aliphatic carbocycles. The summed E-state index contributed by atoms with van der Waals surface area (Å²) in [5.41, 5.74) is 0. The van der Waals surface area contributed by atoms with E-state index in [1.807, 2.05) is 11.8 Å². The molecule has 0 nitrogen and oxygen atoms in total. The Kier molecular flexibility index (Phi) is 7.76. The van der Waals surface area contributed by atoms with Crippen molar-refractivity contribution in [3.05, 3.63) is 0 Å². The highest BCUT2D eigenvalue weighted by Crippen LogP contribution is 2.26. The molecule has 0 radical (unpaired) electrons. The van der Waals surface area contributed by atoms with Crippen molar-refractivity contribution in [2.45, 2.75) is 38.4 Å². The van der Waals surface area contributed by atoms with E-state index in [9.17, 15) is 0 Å². The minimum absolute atomic E-state index is 0.666. The van der Waals surface area contributed by atoms with E-state index in [-0.39, 0.29) is 0 Å². The smallest absolute Gasteiger partial charge is 0.0148 e. The summed E-state index contributed by atoms with van der Waals surface area (Å²) in [5.74, 6) is 2.96. The van der Waals surface area contributed by atoms with Crippen LogP contribution in [0.1, 0.15) is 33.6 Å². The number of rotatable bonds is 6. The molecule has 0 aliphatic rings. The van der Waals surface area contributed by atoms with Gasteiger partial charge in [-0.05, 0) is 36.7 Å². The number of hydrogen-bond acceptors (Lipinski definition) is 1. The first-order valence-corrected chi connectivity index (χ1v) is 7.03. The molecule has 0 bridgehead atoms. The summed E-state index contributed by atoms with van der Waals surface area (Å²) >= 11 is 5.64. The Bertz CT molecular complexity index is 94.0. The minimum Gasteiger partial charge on any atom is -0.165 e. The molecule has 0 saturated carbocycles. The maximum Gasteiger partial charge on any atom is 0.0148 e. The van der Waals surface area contributed by atoms with Gasteiger partial charge in [0.1, 0.15) is 0 Å². The average Bonchev–Trinajstić information content (AvgIpc) is 1.96. The van der Waals surface area contributed by atoms with Crippen LogP contribution in [0.15, 0.2) is 0 Å². The SMILES string of the molecule is CSCCCC(C(C)C)C(C)Br. The number of halogens is 1. The van der Waals surface area contributed by atoms with Crippen molar-refractivity contribution in [2.75, 3.05) is 12.0 Å². The van der Waals surface area contributed by atoms with Gasteiger partial charge in [0.05, 0.1) is 0 Å². The fraction of sp³-hybridized carbons (Fsp3) is 1.00. The summed E-state index contributed by atoms with van der Waals surface area (Å²) < 4.78 is 0. The Morgan fingerprint density at radius 2 is 1.83 bits per heavy atom. The third kappa shape index (κ3) is 5.47. The van der Waals surface area contributed by atoms with Crippen molar-refractivity contribution >= 4 is 27.7 Å². The zero-order valence-electron chi connectivity index (χ0n) is 8.64. The first-order valence-electron chi connectivity index (χ1n) is 4.72. The van der Waals surface area contributed by atoms with Gasteiger partial charge in [0.2, 0.25) is 0 Å². The second-order valence-electron chi connectivity index (χ2n) is 3.72. The maximum atomic E-state index is 3.69. The molecule has 12 heavy (non-hydrogen) atoms. The molecule has 0 saturated heterocycles. The van der Waals surface area contributed by atoms with Gasteiger partial charge in [-0.2, -0.15) is 11.8 Å². The van der Waals surface area contributed by atoms with Crippen molar-refractivity contribution in [1.82, 2.24) is 0 Å². The summed E-state index contributed by atoms with van der Waals surface area (Å²) in [4.78, 5) is 0.666. The summed E-state index contributed by atoms with van der Waals surface area (Å²) in [6.45, 7) is 6.91. The molecule has 0 amide bonds. The second-order valence-corrected chi connectivity index (χ2v) is 6.15. The Morgan fingerprint density at radius 3 is 2.17 bits per heavy atom. The van der Waals surface area contributed by atoms with Gasteiger partial charge in [-0.25, -0.2) is 0 Å². The molecule has 74 valence electrons. The van der Waals surface area contributed by atoms with Gasteiger partial charge in [0, 0.05) is 4.83 Å². The second kappa shape index (κ2) is 7.25. The third-order valence-electron chi connectivity index (χ3n) is 2.33. The van der Waals surface area contributed by atoms with Gasteiger partial charge < -0.3 is 0 Å². The molecule has 0 rings (SSSR count). The molecule has 0 N–H and O–H groups in total. The molecule has 0 aliphatic heterocycles. The van der Waals surface area contributed by atoms with Gasteiger partial charge in [-0.15, -0.1) is 0 Å². The van der Waals surface area contributed by atoms with E-state index in [4.69, 9.17) is 0 Å². The third-order valence-corrected chi connectivity index (χ3v) is 3.71. The average molecular weight is 253 g/mol. The molecule has 2 atom stereocenters. The van der Waals surface area contributed by atoms with Crippen molar-refractivity contribution in [2.24, 2.45) is 11.8 Å². The van der Waals surface area contributed by atoms with Gasteiger partial charge in [0.15, 0.2) is 0 Å². The lowest BCUT2D eigenvalue weighted by Crippen LogP contribution is -2.17. The van der Waals surface area contributed by atoms with E-state index in [1.165, 1.54) is 18.6 Å². The Balaban J connectivity index is 3.64. The van der Waals surface area contributed by atoms with E-state index in [2.05, 4.69) is 43.0 Å². The lowest BCUT2D eigenvalue weighted by molar-refractivity contribution is 0.359. The minimum atomic E-state index is 0.666. The molecular weight excluding hydrogens is 232 g/mol. The predicted octanol–water partition coefficient (Wildman–Crippen LogP) is 4.19. The van der Waals surface area contributed by atoms with E-state index in [0.29, 0.717) is 4.83 Å². The molecule has 0 spiro atoms. The lowest BCUT2D eigenvalue weighted by atomic mass is 9.89. The van der Waals surface area contributed by atoms with Crippen LogP contribution >= 0.6 is 27.7 Å². The molecule has 0 aromatic rings. The number of alkyl halides is 1. The lowest BCUT2D eigenvalue weighted by Gasteiger charge is -2.23. The van der Waals surface area contributed by atoms with Gasteiger partial charge in [0.25, 0.3) is 0 Å². The Labute approximate surface area is 90.0 Å². The molecule has 0 heterocycles. The van der Waals surface area contributed by atoms with Crippen LogP contribution in [0.3, 0.4) is 0 Å². The summed E-state index contributed by atoms with van der Waals surface area (Å²) in [7, 11) is 0. The fourth-order valence-electron chi connectivity index (χ4n) is 1.56. The predicted molar refractivity (Wildman–Crippen MR) is 64.3 cm³/mol. The van der Waals surface area contributed by atoms with Crippen LogP contribution in [-0.4, -0.2) is 16.8 Å². The van der Waals surface area contributed by atoms with Gasteiger partial charge in [-0.3, -0.25) is 0 Å². The van der Waals surface area contributed by atoms with Crippen molar-refractivity contribution in [3.63, 3.8) is 0 Å². The highest BCUT2D eigenvalue weighted by atomic mass is 79.9. The van der Waals surface area contributed by atoms with Crippen molar-refractivity contribution in [3.8, 4) is 0 Å². The first kappa shape index (κ1) is 12.8. The molecule has 0 aromatic heterocycles. The van der Waals surface area contributed by atoms with Gasteiger partial charge >= 0.3 is 0 Å². The zero-order chi connectivity index (χ0) is 9.56. The normalized spacial score (nSPS) is 16.5. The molecule has 2 heteroatoms. The van der Waals surface area contributed by atoms with Crippen molar-refractivity contribution < 1.29 is 0 Å². The van der Waals surface area contributed by atoms with Crippen LogP contribution in [0.2, 0.25) is 0 Å².